The van der Waals surface area contributed by atoms with Crippen LogP contribution in [0.1, 0.15) is 11.1 Å². The van der Waals surface area contributed by atoms with Crippen molar-refractivity contribution in [3.8, 4) is 0 Å². The minimum absolute atomic E-state index is 0.135. The number of rotatable bonds is 6. The van der Waals surface area contributed by atoms with Gasteiger partial charge in [-0.3, -0.25) is 4.79 Å². The number of methoxy groups -OCH3 is 1. The number of halogens is 3. The molecule has 1 amide bonds. The molecule has 0 unspecified atom stereocenters. The average Bonchev–Trinajstić information content (AvgIpc) is 2.54. The van der Waals surface area contributed by atoms with E-state index in [2.05, 4.69) is 5.32 Å². The summed E-state index contributed by atoms with van der Waals surface area (Å²) in [5.74, 6) is -2.75. The topological polar surface area (TPSA) is 55.4 Å². The van der Waals surface area contributed by atoms with Crippen molar-refractivity contribution in [2.24, 2.45) is 0 Å². The zero-order valence-electron chi connectivity index (χ0n) is 13.4. The van der Waals surface area contributed by atoms with E-state index in [1.807, 2.05) is 0 Å². The average molecular weight is 368 g/mol. The first kappa shape index (κ1) is 18.9. The molecule has 0 spiro atoms. The van der Waals surface area contributed by atoms with Crippen molar-refractivity contribution < 1.29 is 23.1 Å². The van der Waals surface area contributed by atoms with Gasteiger partial charge in [0.2, 0.25) is 5.91 Å². The van der Waals surface area contributed by atoms with Crippen LogP contribution in [0.25, 0.3) is 0 Å². The summed E-state index contributed by atoms with van der Waals surface area (Å²) in [7, 11) is 1.20. The summed E-state index contributed by atoms with van der Waals surface area (Å²) in [6, 6.07) is 8.78. The maximum absolute atomic E-state index is 13.2. The zero-order valence-corrected chi connectivity index (χ0v) is 14.1. The third-order valence-electron chi connectivity index (χ3n) is 3.49. The lowest BCUT2D eigenvalue weighted by molar-refractivity contribution is -0.145. The second-order valence-corrected chi connectivity index (χ2v) is 5.80. The summed E-state index contributed by atoms with van der Waals surface area (Å²) in [6.45, 7) is 0. The monoisotopic (exact) mass is 367 g/mol. The van der Waals surface area contributed by atoms with Crippen molar-refractivity contribution in [1.29, 1.82) is 0 Å². The predicted octanol–water partition coefficient (Wildman–Crippen LogP) is 3.06. The lowest BCUT2D eigenvalue weighted by Gasteiger charge is -2.17. The Bertz CT molecular complexity index is 762. The molecule has 0 saturated heterocycles. The van der Waals surface area contributed by atoms with Gasteiger partial charge < -0.3 is 10.1 Å². The molecule has 0 aliphatic carbocycles. The number of hydrogen-bond donors (Lipinski definition) is 1. The first-order valence-electron chi connectivity index (χ1n) is 7.44. The molecule has 4 nitrogen and oxygen atoms in total. The van der Waals surface area contributed by atoms with Crippen LogP contribution in [0.5, 0.6) is 0 Å². The summed E-state index contributed by atoms with van der Waals surface area (Å²) in [5.41, 5.74) is 0.827. The number of amides is 1. The molecule has 0 fully saturated rings. The van der Waals surface area contributed by atoms with E-state index >= 15 is 0 Å². The van der Waals surface area contributed by atoms with Crippen LogP contribution in [0.4, 0.5) is 8.78 Å². The zero-order chi connectivity index (χ0) is 18.4. The molecule has 25 heavy (non-hydrogen) atoms. The van der Waals surface area contributed by atoms with Crippen molar-refractivity contribution in [1.82, 2.24) is 5.32 Å². The van der Waals surface area contributed by atoms with E-state index < -0.39 is 29.6 Å². The Morgan fingerprint density at radius 2 is 1.80 bits per heavy atom. The van der Waals surface area contributed by atoms with Gasteiger partial charge in [-0.25, -0.2) is 13.6 Å². The van der Waals surface area contributed by atoms with Crippen LogP contribution in [-0.4, -0.2) is 25.0 Å². The summed E-state index contributed by atoms with van der Waals surface area (Å²) in [4.78, 5) is 24.1. The molecule has 0 aliphatic rings. The fraction of sp³-hybridized carbons (Fsp3) is 0.222. The SMILES string of the molecule is COC(=O)[C@@H](Cc1ccccc1Cl)NC(=O)Cc1cc(F)cc(F)c1. The van der Waals surface area contributed by atoms with Crippen molar-refractivity contribution in [2.45, 2.75) is 18.9 Å². The molecule has 0 radical (unpaired) electrons. The Balaban J connectivity index is 2.09. The van der Waals surface area contributed by atoms with Crippen molar-refractivity contribution in [2.75, 3.05) is 7.11 Å². The Morgan fingerprint density at radius 1 is 1.16 bits per heavy atom. The summed E-state index contributed by atoms with van der Waals surface area (Å²) in [5, 5.41) is 2.97. The molecule has 1 atom stereocenters. The molecule has 0 aliphatic heterocycles. The van der Waals surface area contributed by atoms with Gasteiger partial charge in [-0.2, -0.15) is 0 Å². The van der Waals surface area contributed by atoms with Crippen LogP contribution in [0.15, 0.2) is 42.5 Å². The molecule has 0 heterocycles. The first-order valence-corrected chi connectivity index (χ1v) is 7.82. The van der Waals surface area contributed by atoms with Crippen molar-refractivity contribution in [3.05, 3.63) is 70.2 Å². The van der Waals surface area contributed by atoms with Gasteiger partial charge in [0.15, 0.2) is 0 Å². The Labute approximate surface area is 148 Å². The molecule has 0 saturated carbocycles. The second kappa shape index (κ2) is 8.58. The minimum atomic E-state index is -0.962. The highest BCUT2D eigenvalue weighted by Crippen LogP contribution is 2.17. The summed E-state index contributed by atoms with van der Waals surface area (Å²) in [6.07, 6.45) is -0.139. The van der Waals surface area contributed by atoms with Crippen LogP contribution >= 0.6 is 11.6 Å². The highest BCUT2D eigenvalue weighted by Gasteiger charge is 2.23. The number of ether oxygens (including phenoxy) is 1. The van der Waals surface area contributed by atoms with E-state index in [-0.39, 0.29) is 18.4 Å². The molecule has 0 aromatic heterocycles. The Kier molecular flexibility index (Phi) is 6.47. The lowest BCUT2D eigenvalue weighted by Crippen LogP contribution is -2.43. The van der Waals surface area contributed by atoms with E-state index in [1.54, 1.807) is 24.3 Å². The largest absolute Gasteiger partial charge is 0.467 e. The number of benzene rings is 2. The normalized spacial score (nSPS) is 11.7. The van der Waals surface area contributed by atoms with Crippen LogP contribution in [0, 0.1) is 11.6 Å². The Morgan fingerprint density at radius 3 is 2.40 bits per heavy atom. The predicted molar refractivity (Wildman–Crippen MR) is 89.2 cm³/mol. The van der Waals surface area contributed by atoms with Gasteiger partial charge in [-0.15, -0.1) is 0 Å². The maximum Gasteiger partial charge on any atom is 0.328 e. The maximum atomic E-state index is 13.2. The number of nitrogens with one attached hydrogen (secondary N) is 1. The molecule has 0 bridgehead atoms. The quantitative estimate of drug-likeness (QED) is 0.798. The third kappa shape index (κ3) is 5.53. The van der Waals surface area contributed by atoms with Crippen LogP contribution in [0.2, 0.25) is 5.02 Å². The van der Waals surface area contributed by atoms with Gasteiger partial charge in [0.05, 0.1) is 13.5 Å². The highest BCUT2D eigenvalue weighted by atomic mass is 35.5. The van der Waals surface area contributed by atoms with Gasteiger partial charge in [0.1, 0.15) is 17.7 Å². The number of carbonyl (C=O) groups is 2. The molecule has 2 aromatic carbocycles. The van der Waals surface area contributed by atoms with E-state index in [0.717, 1.165) is 18.2 Å². The van der Waals surface area contributed by atoms with Gasteiger partial charge in [-0.05, 0) is 29.3 Å². The molecule has 132 valence electrons. The fourth-order valence-corrected chi connectivity index (χ4v) is 2.58. The van der Waals surface area contributed by atoms with Gasteiger partial charge in [-0.1, -0.05) is 29.8 Å². The molecular formula is C18H16ClF2NO3. The van der Waals surface area contributed by atoms with E-state index in [4.69, 9.17) is 16.3 Å². The van der Waals surface area contributed by atoms with Crippen LogP contribution in [-0.2, 0) is 27.2 Å². The summed E-state index contributed by atoms with van der Waals surface area (Å²) >= 11 is 6.07. The molecule has 2 aromatic rings. The molecular weight excluding hydrogens is 352 g/mol. The smallest absolute Gasteiger partial charge is 0.328 e. The summed E-state index contributed by atoms with van der Waals surface area (Å²) < 4.78 is 31.1. The van der Waals surface area contributed by atoms with Gasteiger partial charge in [0.25, 0.3) is 0 Å². The van der Waals surface area contributed by atoms with Crippen molar-refractivity contribution >= 4 is 23.5 Å². The van der Waals surface area contributed by atoms with Crippen LogP contribution < -0.4 is 5.32 Å². The number of carbonyl (C=O) groups excluding carboxylic acids is 2. The third-order valence-corrected chi connectivity index (χ3v) is 3.86. The minimum Gasteiger partial charge on any atom is -0.467 e. The molecule has 2 rings (SSSR count). The van der Waals surface area contributed by atoms with Gasteiger partial charge >= 0.3 is 5.97 Å². The molecule has 7 heteroatoms. The van der Waals surface area contributed by atoms with E-state index in [9.17, 15) is 18.4 Å². The standard InChI is InChI=1S/C18H16ClF2NO3/c1-25-18(24)16(9-12-4-2-3-5-15(12)19)22-17(23)8-11-6-13(20)10-14(21)7-11/h2-7,10,16H,8-9H2,1H3,(H,22,23)/t16-/m1/s1. The molecule has 1 N–H and O–H groups in total. The highest BCUT2D eigenvalue weighted by molar-refractivity contribution is 6.31. The van der Waals surface area contributed by atoms with E-state index in [1.165, 1.54) is 7.11 Å². The van der Waals surface area contributed by atoms with Crippen LogP contribution in [0.3, 0.4) is 0 Å². The lowest BCUT2D eigenvalue weighted by atomic mass is 10.0. The van der Waals surface area contributed by atoms with Gasteiger partial charge in [0, 0.05) is 17.5 Å². The second-order valence-electron chi connectivity index (χ2n) is 5.39. The Hall–Kier alpha value is -2.47. The first-order chi connectivity index (χ1) is 11.9. The number of esters is 1. The van der Waals surface area contributed by atoms with E-state index in [0.29, 0.717) is 10.6 Å². The van der Waals surface area contributed by atoms with Crippen molar-refractivity contribution in [3.63, 3.8) is 0 Å². The number of hydrogen-bond acceptors (Lipinski definition) is 3. The fourth-order valence-electron chi connectivity index (χ4n) is 2.36.